The van der Waals surface area contributed by atoms with E-state index >= 15 is 0 Å². The highest BCUT2D eigenvalue weighted by Gasteiger charge is 2.28. The molecule has 0 aromatic rings. The van der Waals surface area contributed by atoms with E-state index in [4.69, 9.17) is 18.0 Å². The number of nitrogens with two attached hydrogens (primary N) is 1. The first kappa shape index (κ1) is 17.3. The van der Waals surface area contributed by atoms with Gasteiger partial charge in [0.1, 0.15) is 0 Å². The van der Waals surface area contributed by atoms with E-state index in [1.54, 1.807) is 0 Å². The molecule has 106 valence electrons. The number of nitrogens with zero attached hydrogens (tertiary/aromatic N) is 2. The van der Waals surface area contributed by atoms with Gasteiger partial charge in [-0.1, -0.05) is 25.6 Å². The van der Waals surface area contributed by atoms with E-state index in [2.05, 4.69) is 11.8 Å². The number of rotatable bonds is 8. The molecule has 0 radical (unpaired) electrons. The molecule has 0 aromatic carbocycles. The molecule has 0 aromatic heterocycles. The molecule has 18 heavy (non-hydrogen) atoms. The molecule has 0 aliphatic carbocycles. The molecule has 0 fully saturated rings. The number of thiocarbonyl (C=S) groups is 1. The Labute approximate surface area is 116 Å². The van der Waals surface area contributed by atoms with Crippen LogP contribution in [0.15, 0.2) is 0 Å². The van der Waals surface area contributed by atoms with Crippen LogP contribution in [-0.4, -0.2) is 53.9 Å². The molecule has 0 rings (SSSR count). The quantitative estimate of drug-likeness (QED) is 0.681. The fourth-order valence-electron chi connectivity index (χ4n) is 2.19. The zero-order valence-electron chi connectivity index (χ0n) is 12.3. The third-order valence-corrected chi connectivity index (χ3v) is 3.29. The third-order valence-electron chi connectivity index (χ3n) is 3.00. The number of amides is 1. The summed E-state index contributed by atoms with van der Waals surface area (Å²) in [6.45, 7) is 7.63. The summed E-state index contributed by atoms with van der Waals surface area (Å²) in [5, 5.41) is 0. The number of hydrogen-bond acceptors (Lipinski definition) is 3. The lowest BCUT2D eigenvalue weighted by atomic mass is 10.0. The minimum atomic E-state index is -0.311. The van der Waals surface area contributed by atoms with Gasteiger partial charge in [0.25, 0.3) is 0 Å². The topological polar surface area (TPSA) is 49.6 Å². The van der Waals surface area contributed by atoms with E-state index in [9.17, 15) is 4.79 Å². The van der Waals surface area contributed by atoms with Gasteiger partial charge in [0.05, 0.1) is 10.9 Å². The van der Waals surface area contributed by atoms with Crippen LogP contribution < -0.4 is 5.73 Å². The van der Waals surface area contributed by atoms with Gasteiger partial charge >= 0.3 is 0 Å². The van der Waals surface area contributed by atoms with Gasteiger partial charge in [0.2, 0.25) is 5.91 Å². The highest BCUT2D eigenvalue weighted by atomic mass is 32.1. The summed E-state index contributed by atoms with van der Waals surface area (Å²) in [6, 6.07) is 0.172. The van der Waals surface area contributed by atoms with Crippen LogP contribution in [0.5, 0.6) is 0 Å². The second-order valence-electron chi connectivity index (χ2n) is 4.98. The standard InChI is InChI=1S/C13H27N3OS/c1-6-8-11(12(14)18)13(17)16(7-2)10(3)9-15(4)5/h10-11H,6-9H2,1-5H3,(H2,14,18). The van der Waals surface area contributed by atoms with Crippen LogP contribution in [0.25, 0.3) is 0 Å². The Kier molecular flexibility index (Phi) is 8.11. The first-order chi connectivity index (χ1) is 8.34. The van der Waals surface area contributed by atoms with Crippen LogP contribution in [-0.2, 0) is 4.79 Å². The van der Waals surface area contributed by atoms with Gasteiger partial charge in [-0.3, -0.25) is 4.79 Å². The van der Waals surface area contributed by atoms with Crippen LogP contribution in [0, 0.1) is 5.92 Å². The van der Waals surface area contributed by atoms with Crippen molar-refractivity contribution in [3.63, 3.8) is 0 Å². The van der Waals surface area contributed by atoms with Crippen molar-refractivity contribution in [2.45, 2.75) is 39.7 Å². The molecule has 0 aliphatic heterocycles. The van der Waals surface area contributed by atoms with E-state index in [0.29, 0.717) is 11.5 Å². The molecule has 2 atom stereocenters. The predicted octanol–water partition coefficient (Wildman–Crippen LogP) is 1.49. The minimum Gasteiger partial charge on any atom is -0.393 e. The monoisotopic (exact) mass is 273 g/mol. The van der Waals surface area contributed by atoms with Gasteiger partial charge in [-0.05, 0) is 34.4 Å². The molecule has 2 N–H and O–H groups in total. The smallest absolute Gasteiger partial charge is 0.232 e. The molecule has 2 unspecified atom stereocenters. The van der Waals surface area contributed by atoms with E-state index in [1.165, 1.54) is 0 Å². The zero-order valence-corrected chi connectivity index (χ0v) is 13.1. The molecule has 5 heteroatoms. The van der Waals surface area contributed by atoms with Crippen LogP contribution in [0.3, 0.4) is 0 Å². The van der Waals surface area contributed by atoms with E-state index in [0.717, 1.165) is 19.4 Å². The number of carbonyl (C=O) groups excluding carboxylic acids is 1. The second kappa shape index (κ2) is 8.43. The van der Waals surface area contributed by atoms with Gasteiger partial charge in [0.15, 0.2) is 0 Å². The predicted molar refractivity (Wildman–Crippen MR) is 80.6 cm³/mol. The molecule has 0 bridgehead atoms. The summed E-state index contributed by atoms with van der Waals surface area (Å²) in [4.78, 5) is 16.7. The van der Waals surface area contributed by atoms with Crippen molar-refractivity contribution in [3.8, 4) is 0 Å². The SMILES string of the molecule is CCCC(C(=O)N(CC)C(C)CN(C)C)C(N)=S. The lowest BCUT2D eigenvalue weighted by Crippen LogP contribution is -2.48. The Morgan fingerprint density at radius 2 is 1.89 bits per heavy atom. The van der Waals surface area contributed by atoms with Crippen molar-refractivity contribution in [2.75, 3.05) is 27.2 Å². The molecular formula is C13H27N3OS. The van der Waals surface area contributed by atoms with Crippen molar-refractivity contribution in [1.29, 1.82) is 0 Å². The van der Waals surface area contributed by atoms with Gasteiger partial charge in [0, 0.05) is 19.1 Å². The number of hydrogen-bond donors (Lipinski definition) is 1. The van der Waals surface area contributed by atoms with Crippen LogP contribution in [0.4, 0.5) is 0 Å². The third kappa shape index (κ3) is 5.31. The molecule has 0 saturated heterocycles. The average molecular weight is 273 g/mol. The fraction of sp³-hybridized carbons (Fsp3) is 0.846. The van der Waals surface area contributed by atoms with Crippen molar-refractivity contribution < 1.29 is 4.79 Å². The summed E-state index contributed by atoms with van der Waals surface area (Å²) in [7, 11) is 4.01. The lowest BCUT2D eigenvalue weighted by Gasteiger charge is -2.32. The molecule has 1 amide bonds. The summed E-state index contributed by atoms with van der Waals surface area (Å²) in [6.07, 6.45) is 1.65. The van der Waals surface area contributed by atoms with Gasteiger partial charge in [-0.25, -0.2) is 0 Å². The molecule has 0 spiro atoms. The van der Waals surface area contributed by atoms with E-state index in [1.807, 2.05) is 32.8 Å². The van der Waals surface area contributed by atoms with Crippen LogP contribution in [0.1, 0.15) is 33.6 Å². The maximum Gasteiger partial charge on any atom is 0.232 e. The summed E-state index contributed by atoms with van der Waals surface area (Å²) >= 11 is 5.02. The van der Waals surface area contributed by atoms with Crippen LogP contribution in [0.2, 0.25) is 0 Å². The minimum absolute atomic E-state index is 0.0706. The van der Waals surface area contributed by atoms with Crippen LogP contribution >= 0.6 is 12.2 Å². The first-order valence-corrected chi connectivity index (χ1v) is 7.00. The van der Waals surface area contributed by atoms with E-state index in [-0.39, 0.29) is 17.9 Å². The van der Waals surface area contributed by atoms with Gasteiger partial charge < -0.3 is 15.5 Å². The Balaban J connectivity index is 4.81. The summed E-state index contributed by atoms with van der Waals surface area (Å²) in [5.74, 6) is -0.240. The van der Waals surface area contributed by atoms with Crippen molar-refractivity contribution in [1.82, 2.24) is 9.80 Å². The Hall–Kier alpha value is -0.680. The zero-order chi connectivity index (χ0) is 14.3. The van der Waals surface area contributed by atoms with Crippen molar-refractivity contribution >= 4 is 23.1 Å². The lowest BCUT2D eigenvalue weighted by molar-refractivity contribution is -0.135. The summed E-state index contributed by atoms with van der Waals surface area (Å²) < 4.78 is 0. The highest BCUT2D eigenvalue weighted by molar-refractivity contribution is 7.80. The largest absolute Gasteiger partial charge is 0.393 e. The molecule has 0 aliphatic rings. The molecule has 4 nitrogen and oxygen atoms in total. The second-order valence-corrected chi connectivity index (χ2v) is 5.45. The average Bonchev–Trinajstić information content (AvgIpc) is 2.24. The Morgan fingerprint density at radius 1 is 1.33 bits per heavy atom. The molecule has 0 heterocycles. The van der Waals surface area contributed by atoms with Crippen molar-refractivity contribution in [3.05, 3.63) is 0 Å². The fourth-order valence-corrected chi connectivity index (χ4v) is 2.41. The Bertz CT molecular complexity index is 281. The molecular weight excluding hydrogens is 246 g/mol. The van der Waals surface area contributed by atoms with Gasteiger partial charge in [-0.15, -0.1) is 0 Å². The first-order valence-electron chi connectivity index (χ1n) is 6.59. The maximum absolute atomic E-state index is 12.5. The molecule has 0 saturated carbocycles. The normalized spacial score (nSPS) is 14.3. The van der Waals surface area contributed by atoms with Gasteiger partial charge in [-0.2, -0.15) is 0 Å². The maximum atomic E-state index is 12.5. The highest BCUT2D eigenvalue weighted by Crippen LogP contribution is 2.14. The van der Waals surface area contributed by atoms with E-state index < -0.39 is 0 Å². The van der Waals surface area contributed by atoms with Crippen molar-refractivity contribution in [2.24, 2.45) is 11.7 Å². The summed E-state index contributed by atoms with van der Waals surface area (Å²) in [5.41, 5.74) is 5.69. The number of likely N-dealkylation sites (N-methyl/N-ethyl adjacent to an activating group) is 2. The Morgan fingerprint density at radius 3 is 2.22 bits per heavy atom. The number of carbonyl (C=O) groups is 1.